The lowest BCUT2D eigenvalue weighted by Gasteiger charge is -2.39. The number of ether oxygens (including phenoxy) is 1. The van der Waals surface area contributed by atoms with Crippen molar-refractivity contribution in [1.29, 1.82) is 0 Å². The van der Waals surface area contributed by atoms with E-state index in [1.165, 1.54) is 0 Å². The van der Waals surface area contributed by atoms with Crippen LogP contribution in [-0.2, 0) is 0 Å². The van der Waals surface area contributed by atoms with Crippen LogP contribution in [-0.4, -0.2) is 58.0 Å². The van der Waals surface area contributed by atoms with E-state index in [1.807, 2.05) is 29.2 Å². The molecule has 1 saturated heterocycles. The van der Waals surface area contributed by atoms with Crippen molar-refractivity contribution in [3.05, 3.63) is 30.1 Å². The molecule has 0 aliphatic carbocycles. The van der Waals surface area contributed by atoms with Gasteiger partial charge in [-0.05, 0) is 38.3 Å². The van der Waals surface area contributed by atoms with Gasteiger partial charge in [-0.15, -0.1) is 0 Å². The number of aromatic nitrogens is 2. The largest absolute Gasteiger partial charge is 0.477 e. The molecule has 5 nitrogen and oxygen atoms in total. The molecular formula is C18H22F3N3O2. The smallest absolute Gasteiger partial charge is 0.417 e. The van der Waals surface area contributed by atoms with Crippen molar-refractivity contribution in [3.8, 4) is 5.88 Å². The highest BCUT2D eigenvalue weighted by molar-refractivity contribution is 5.83. The molecule has 1 aromatic carbocycles. The third-order valence-corrected chi connectivity index (χ3v) is 4.75. The number of aryl methyl sites for hydroxylation is 1. The van der Waals surface area contributed by atoms with Gasteiger partial charge in [0.2, 0.25) is 5.88 Å². The summed E-state index contributed by atoms with van der Waals surface area (Å²) in [5.74, 6) is 1.15. The fourth-order valence-corrected chi connectivity index (χ4v) is 3.16. The summed E-state index contributed by atoms with van der Waals surface area (Å²) >= 11 is 0. The van der Waals surface area contributed by atoms with Crippen molar-refractivity contribution in [3.63, 3.8) is 0 Å². The number of piperidine rings is 1. The molecule has 3 rings (SSSR count). The molecule has 142 valence electrons. The van der Waals surface area contributed by atoms with Crippen molar-refractivity contribution in [2.75, 3.05) is 26.2 Å². The van der Waals surface area contributed by atoms with Crippen molar-refractivity contribution in [2.45, 2.75) is 38.0 Å². The third-order valence-electron chi connectivity index (χ3n) is 4.75. The third kappa shape index (κ3) is 4.07. The Kier molecular flexibility index (Phi) is 5.34. The molecule has 1 N–H and O–H groups in total. The number of likely N-dealkylation sites (tertiary alicyclic amines) is 1. The molecule has 0 bridgehead atoms. The average Bonchev–Trinajstić information content (AvgIpc) is 2.59. The van der Waals surface area contributed by atoms with Crippen LogP contribution in [0.3, 0.4) is 0 Å². The first kappa shape index (κ1) is 18.8. The molecule has 0 spiro atoms. The zero-order chi connectivity index (χ0) is 18.8. The number of benzene rings is 1. The Bertz CT molecular complexity index is 759. The van der Waals surface area contributed by atoms with Gasteiger partial charge in [0.15, 0.2) is 5.60 Å². The van der Waals surface area contributed by atoms with E-state index in [9.17, 15) is 18.3 Å². The molecule has 0 radical (unpaired) electrons. The van der Waals surface area contributed by atoms with Gasteiger partial charge in [-0.25, -0.2) is 4.98 Å². The molecule has 2 aromatic rings. The van der Waals surface area contributed by atoms with Crippen molar-refractivity contribution in [1.82, 2.24) is 14.9 Å². The van der Waals surface area contributed by atoms with Crippen LogP contribution in [0.1, 0.15) is 25.1 Å². The molecule has 8 heteroatoms. The number of para-hydroxylation sites is 1. The number of nitrogens with zero attached hydrogens (tertiary/aromatic N) is 3. The topological polar surface area (TPSA) is 58.5 Å². The number of halogens is 3. The normalized spacial score (nSPS) is 18.2. The van der Waals surface area contributed by atoms with Crippen LogP contribution in [0.4, 0.5) is 13.2 Å². The predicted molar refractivity (Wildman–Crippen MR) is 91.1 cm³/mol. The standard InChI is InChI=1S/C18H22F3N3O2/c1-13-22-15-6-3-2-5-14(15)16(23-13)26-12-4-9-24-10-7-17(25,8-11-24)18(19,20)21/h2-3,5-6,25H,4,7-12H2,1H3. The molecule has 1 fully saturated rings. The minimum Gasteiger partial charge on any atom is -0.477 e. The highest BCUT2D eigenvalue weighted by Gasteiger charge is 2.54. The second-order valence-electron chi connectivity index (χ2n) is 6.67. The number of hydrogen-bond acceptors (Lipinski definition) is 5. The summed E-state index contributed by atoms with van der Waals surface area (Å²) in [5.41, 5.74) is -1.73. The molecule has 1 aliphatic heterocycles. The van der Waals surface area contributed by atoms with E-state index in [-0.39, 0.29) is 25.9 Å². The maximum absolute atomic E-state index is 12.8. The molecular weight excluding hydrogens is 347 g/mol. The lowest BCUT2D eigenvalue weighted by Crippen LogP contribution is -2.53. The van der Waals surface area contributed by atoms with Crippen molar-refractivity contribution < 1.29 is 23.0 Å². The van der Waals surface area contributed by atoms with E-state index in [0.29, 0.717) is 31.3 Å². The van der Waals surface area contributed by atoms with Crippen molar-refractivity contribution in [2.24, 2.45) is 0 Å². The second-order valence-corrected chi connectivity index (χ2v) is 6.67. The summed E-state index contributed by atoms with van der Waals surface area (Å²) in [4.78, 5) is 10.6. The van der Waals surface area contributed by atoms with E-state index >= 15 is 0 Å². The molecule has 0 amide bonds. The Morgan fingerprint density at radius 1 is 1.19 bits per heavy atom. The summed E-state index contributed by atoms with van der Waals surface area (Å²) in [6, 6.07) is 7.58. The van der Waals surface area contributed by atoms with Gasteiger partial charge < -0.3 is 14.7 Å². The van der Waals surface area contributed by atoms with Gasteiger partial charge in [0.25, 0.3) is 0 Å². The number of fused-ring (bicyclic) bond motifs is 1. The highest BCUT2D eigenvalue weighted by Crippen LogP contribution is 2.38. The van der Waals surface area contributed by atoms with E-state index < -0.39 is 11.8 Å². The second kappa shape index (κ2) is 7.36. The van der Waals surface area contributed by atoms with E-state index in [0.717, 1.165) is 10.9 Å². The van der Waals surface area contributed by atoms with Gasteiger partial charge >= 0.3 is 6.18 Å². The maximum atomic E-state index is 12.8. The molecule has 26 heavy (non-hydrogen) atoms. The molecule has 0 atom stereocenters. The Morgan fingerprint density at radius 3 is 2.58 bits per heavy atom. The first-order valence-corrected chi connectivity index (χ1v) is 8.66. The predicted octanol–water partition coefficient (Wildman–Crippen LogP) is 3.10. The fourth-order valence-electron chi connectivity index (χ4n) is 3.16. The summed E-state index contributed by atoms with van der Waals surface area (Å²) in [6.45, 7) is 3.29. The lowest BCUT2D eigenvalue weighted by molar-refractivity contribution is -0.272. The number of alkyl halides is 3. The van der Waals surface area contributed by atoms with E-state index in [1.54, 1.807) is 6.92 Å². The average molecular weight is 369 g/mol. The first-order chi connectivity index (χ1) is 12.3. The van der Waals surface area contributed by atoms with Gasteiger partial charge in [0.05, 0.1) is 17.5 Å². The van der Waals surface area contributed by atoms with Crippen LogP contribution < -0.4 is 4.74 Å². The molecule has 0 saturated carbocycles. The number of aliphatic hydroxyl groups is 1. The SMILES string of the molecule is Cc1nc(OCCCN2CCC(O)(C(F)(F)F)CC2)c2ccccc2n1. The summed E-state index contributed by atoms with van der Waals surface area (Å²) in [5, 5.41) is 10.5. The Morgan fingerprint density at radius 2 is 1.88 bits per heavy atom. The van der Waals surface area contributed by atoms with Crippen LogP contribution in [0.5, 0.6) is 5.88 Å². The van der Waals surface area contributed by atoms with Gasteiger partial charge in [0.1, 0.15) is 5.82 Å². The fraction of sp³-hybridized carbons (Fsp3) is 0.556. The summed E-state index contributed by atoms with van der Waals surface area (Å²) < 4.78 is 44.2. The zero-order valence-corrected chi connectivity index (χ0v) is 14.6. The molecule has 2 heterocycles. The lowest BCUT2D eigenvalue weighted by atomic mass is 9.91. The Hall–Kier alpha value is -1.93. The van der Waals surface area contributed by atoms with Gasteiger partial charge in [-0.1, -0.05) is 12.1 Å². The molecule has 1 aliphatic rings. The first-order valence-electron chi connectivity index (χ1n) is 8.66. The van der Waals surface area contributed by atoms with Crippen molar-refractivity contribution >= 4 is 10.9 Å². The quantitative estimate of drug-likeness (QED) is 0.821. The van der Waals surface area contributed by atoms with E-state index in [4.69, 9.17) is 4.74 Å². The maximum Gasteiger partial charge on any atom is 0.417 e. The number of hydrogen-bond donors (Lipinski definition) is 1. The van der Waals surface area contributed by atoms with Gasteiger partial charge in [-0.3, -0.25) is 0 Å². The van der Waals surface area contributed by atoms with Crippen LogP contribution in [0.2, 0.25) is 0 Å². The van der Waals surface area contributed by atoms with Crippen LogP contribution >= 0.6 is 0 Å². The molecule has 0 unspecified atom stereocenters. The van der Waals surface area contributed by atoms with Gasteiger partial charge in [0, 0.05) is 19.6 Å². The minimum atomic E-state index is -4.56. The van der Waals surface area contributed by atoms with Crippen LogP contribution in [0.25, 0.3) is 10.9 Å². The highest BCUT2D eigenvalue weighted by atomic mass is 19.4. The zero-order valence-electron chi connectivity index (χ0n) is 14.6. The summed E-state index contributed by atoms with van der Waals surface area (Å²) in [7, 11) is 0. The Balaban J connectivity index is 1.49. The van der Waals surface area contributed by atoms with E-state index in [2.05, 4.69) is 9.97 Å². The van der Waals surface area contributed by atoms with Crippen LogP contribution in [0, 0.1) is 6.92 Å². The summed E-state index contributed by atoms with van der Waals surface area (Å²) in [6.07, 6.45) is -4.46. The van der Waals surface area contributed by atoms with Gasteiger partial charge in [-0.2, -0.15) is 18.2 Å². The minimum absolute atomic E-state index is 0.228. The van der Waals surface area contributed by atoms with Crippen LogP contribution in [0.15, 0.2) is 24.3 Å². The number of rotatable bonds is 5. The monoisotopic (exact) mass is 369 g/mol. The molecule has 1 aromatic heterocycles. The Labute approximate surface area is 149 Å².